The van der Waals surface area contributed by atoms with Crippen LogP contribution in [0.4, 0.5) is 0 Å². The van der Waals surface area contributed by atoms with Gasteiger partial charge in [0.25, 0.3) is 0 Å². The fourth-order valence-corrected chi connectivity index (χ4v) is 5.03. The van der Waals surface area contributed by atoms with Gasteiger partial charge in [0.2, 0.25) is 0 Å². The molecule has 0 radical (unpaired) electrons. The van der Waals surface area contributed by atoms with Gasteiger partial charge in [-0.05, 0) is 44.9 Å². The molecular formula is C18H34N2O. The van der Waals surface area contributed by atoms with Crippen LogP contribution in [0.1, 0.15) is 71.1 Å². The second kappa shape index (κ2) is 6.97. The van der Waals surface area contributed by atoms with Gasteiger partial charge in [-0.15, -0.1) is 0 Å². The lowest BCUT2D eigenvalue weighted by Gasteiger charge is -2.56. The summed E-state index contributed by atoms with van der Waals surface area (Å²) >= 11 is 0. The third-order valence-electron chi connectivity index (χ3n) is 6.40. The Morgan fingerprint density at radius 3 is 2.67 bits per heavy atom. The van der Waals surface area contributed by atoms with Crippen molar-refractivity contribution in [3.8, 4) is 0 Å². The molecule has 3 heteroatoms. The number of piperazine rings is 1. The van der Waals surface area contributed by atoms with E-state index in [2.05, 4.69) is 17.1 Å². The quantitative estimate of drug-likeness (QED) is 0.864. The molecule has 1 spiro atoms. The van der Waals surface area contributed by atoms with Gasteiger partial charge >= 0.3 is 0 Å². The second-order valence-electron chi connectivity index (χ2n) is 7.60. The Hall–Kier alpha value is -0.120. The standard InChI is InChI=1S/C18H34N2O/c1-3-15-13-20(16-8-7-9-17(12-16)21-2)18(14-19-15)10-5-4-6-11-18/h15-17,19H,3-14H2,1-2H3. The fourth-order valence-electron chi connectivity index (χ4n) is 5.03. The lowest BCUT2D eigenvalue weighted by molar-refractivity contribution is -0.0564. The first kappa shape index (κ1) is 15.8. The van der Waals surface area contributed by atoms with Gasteiger partial charge in [0.05, 0.1) is 6.10 Å². The zero-order valence-electron chi connectivity index (χ0n) is 14.1. The molecule has 3 unspecified atom stereocenters. The highest BCUT2D eigenvalue weighted by atomic mass is 16.5. The monoisotopic (exact) mass is 294 g/mol. The molecule has 0 aromatic rings. The Balaban J connectivity index is 1.75. The maximum atomic E-state index is 5.70. The number of nitrogens with one attached hydrogen (secondary N) is 1. The predicted molar refractivity (Wildman–Crippen MR) is 87.7 cm³/mol. The minimum atomic E-state index is 0.463. The van der Waals surface area contributed by atoms with Crippen LogP contribution in [-0.2, 0) is 4.74 Å². The Kier molecular flexibility index (Phi) is 5.23. The number of methoxy groups -OCH3 is 1. The molecule has 3 rings (SSSR count). The van der Waals surface area contributed by atoms with Crippen LogP contribution in [0.5, 0.6) is 0 Å². The zero-order chi connectivity index (χ0) is 14.7. The second-order valence-corrected chi connectivity index (χ2v) is 7.60. The molecule has 3 atom stereocenters. The fraction of sp³-hybridized carbons (Fsp3) is 1.00. The van der Waals surface area contributed by atoms with Crippen LogP contribution in [0.2, 0.25) is 0 Å². The summed E-state index contributed by atoms with van der Waals surface area (Å²) in [5.41, 5.74) is 0.463. The summed E-state index contributed by atoms with van der Waals surface area (Å²) in [4.78, 5) is 2.95. The van der Waals surface area contributed by atoms with E-state index >= 15 is 0 Å². The van der Waals surface area contributed by atoms with Crippen LogP contribution < -0.4 is 5.32 Å². The van der Waals surface area contributed by atoms with Gasteiger partial charge in [-0.25, -0.2) is 0 Å². The molecule has 0 bridgehead atoms. The normalized spacial score (nSPS) is 37.7. The van der Waals surface area contributed by atoms with Crippen molar-refractivity contribution in [3.63, 3.8) is 0 Å². The zero-order valence-corrected chi connectivity index (χ0v) is 14.1. The first-order chi connectivity index (χ1) is 10.3. The van der Waals surface area contributed by atoms with Crippen molar-refractivity contribution >= 4 is 0 Å². The number of hydrogen-bond donors (Lipinski definition) is 1. The number of rotatable bonds is 3. The van der Waals surface area contributed by atoms with Gasteiger partial charge in [-0.1, -0.05) is 26.2 Å². The SMILES string of the molecule is CCC1CN(C2CCCC(OC)C2)C2(CCCCC2)CN1. The van der Waals surface area contributed by atoms with E-state index in [1.807, 2.05) is 7.11 Å². The van der Waals surface area contributed by atoms with Gasteiger partial charge in [0.15, 0.2) is 0 Å². The van der Waals surface area contributed by atoms with E-state index in [0.717, 1.165) is 6.04 Å². The summed E-state index contributed by atoms with van der Waals surface area (Å²) in [7, 11) is 1.90. The summed E-state index contributed by atoms with van der Waals surface area (Å²) in [5, 5.41) is 3.85. The Labute approximate surface area is 130 Å². The third-order valence-corrected chi connectivity index (χ3v) is 6.40. The lowest BCUT2D eigenvalue weighted by Crippen LogP contribution is -2.68. The van der Waals surface area contributed by atoms with E-state index in [0.29, 0.717) is 17.7 Å². The molecule has 2 saturated carbocycles. The maximum Gasteiger partial charge on any atom is 0.0586 e. The molecule has 1 aliphatic heterocycles. The summed E-state index contributed by atoms with van der Waals surface area (Å²) in [6, 6.07) is 1.46. The molecule has 1 saturated heterocycles. The van der Waals surface area contributed by atoms with Crippen molar-refractivity contribution in [1.29, 1.82) is 0 Å². The van der Waals surface area contributed by atoms with Gasteiger partial charge in [0.1, 0.15) is 0 Å². The van der Waals surface area contributed by atoms with E-state index in [1.54, 1.807) is 0 Å². The van der Waals surface area contributed by atoms with Crippen LogP contribution in [0, 0.1) is 0 Å². The van der Waals surface area contributed by atoms with Gasteiger partial charge in [-0.3, -0.25) is 4.90 Å². The molecule has 2 aliphatic carbocycles. The number of ether oxygens (including phenoxy) is 1. The molecule has 3 aliphatic rings. The average Bonchev–Trinajstić information content (AvgIpc) is 2.56. The highest BCUT2D eigenvalue weighted by Crippen LogP contribution is 2.40. The number of nitrogens with zero attached hydrogens (tertiary/aromatic N) is 1. The van der Waals surface area contributed by atoms with E-state index in [-0.39, 0.29) is 0 Å². The number of hydrogen-bond acceptors (Lipinski definition) is 3. The van der Waals surface area contributed by atoms with Crippen molar-refractivity contribution in [2.75, 3.05) is 20.2 Å². The Morgan fingerprint density at radius 1 is 1.14 bits per heavy atom. The smallest absolute Gasteiger partial charge is 0.0586 e. The van der Waals surface area contributed by atoms with E-state index in [4.69, 9.17) is 4.74 Å². The van der Waals surface area contributed by atoms with Gasteiger partial charge in [-0.2, -0.15) is 0 Å². The summed E-state index contributed by atoms with van der Waals surface area (Å²) in [5.74, 6) is 0. The predicted octanol–water partition coefficient (Wildman–Crippen LogP) is 3.33. The lowest BCUT2D eigenvalue weighted by atomic mass is 9.75. The van der Waals surface area contributed by atoms with Crippen molar-refractivity contribution in [2.45, 2.75) is 94.9 Å². The van der Waals surface area contributed by atoms with Crippen LogP contribution in [0.15, 0.2) is 0 Å². The third kappa shape index (κ3) is 3.30. The molecule has 122 valence electrons. The van der Waals surface area contributed by atoms with Crippen molar-refractivity contribution < 1.29 is 4.74 Å². The molecule has 21 heavy (non-hydrogen) atoms. The van der Waals surface area contributed by atoms with Crippen LogP contribution in [-0.4, -0.2) is 48.8 Å². The van der Waals surface area contributed by atoms with E-state index in [9.17, 15) is 0 Å². The van der Waals surface area contributed by atoms with Crippen molar-refractivity contribution in [1.82, 2.24) is 10.2 Å². The van der Waals surface area contributed by atoms with Crippen LogP contribution in [0.25, 0.3) is 0 Å². The summed E-state index contributed by atoms with van der Waals surface area (Å²) < 4.78 is 5.70. The highest BCUT2D eigenvalue weighted by molar-refractivity contribution is 5.03. The highest BCUT2D eigenvalue weighted by Gasteiger charge is 2.45. The molecule has 1 heterocycles. The Morgan fingerprint density at radius 2 is 1.95 bits per heavy atom. The first-order valence-electron chi connectivity index (χ1n) is 9.30. The van der Waals surface area contributed by atoms with Crippen LogP contribution in [0.3, 0.4) is 0 Å². The largest absolute Gasteiger partial charge is 0.381 e. The molecule has 0 aromatic heterocycles. The Bertz CT molecular complexity index is 327. The minimum Gasteiger partial charge on any atom is -0.381 e. The van der Waals surface area contributed by atoms with E-state index in [1.165, 1.54) is 77.3 Å². The topological polar surface area (TPSA) is 24.5 Å². The molecule has 1 N–H and O–H groups in total. The van der Waals surface area contributed by atoms with E-state index < -0.39 is 0 Å². The molecule has 0 amide bonds. The minimum absolute atomic E-state index is 0.463. The van der Waals surface area contributed by atoms with Gasteiger partial charge in [0, 0.05) is 37.8 Å². The first-order valence-corrected chi connectivity index (χ1v) is 9.30. The molecule has 0 aromatic carbocycles. The molecule has 3 nitrogen and oxygen atoms in total. The molecule has 3 fully saturated rings. The van der Waals surface area contributed by atoms with Crippen LogP contribution >= 0.6 is 0 Å². The summed E-state index contributed by atoms with van der Waals surface area (Å²) in [6.07, 6.45) is 14.1. The van der Waals surface area contributed by atoms with Crippen molar-refractivity contribution in [3.05, 3.63) is 0 Å². The van der Waals surface area contributed by atoms with Crippen molar-refractivity contribution in [2.24, 2.45) is 0 Å². The maximum absolute atomic E-state index is 5.70. The summed E-state index contributed by atoms with van der Waals surface area (Å²) in [6.45, 7) is 4.81. The van der Waals surface area contributed by atoms with Gasteiger partial charge < -0.3 is 10.1 Å². The average molecular weight is 294 g/mol. The molecular weight excluding hydrogens is 260 g/mol.